The molecule has 2 rings (SSSR count). The monoisotopic (exact) mass is 447 g/mol. The molecule has 1 aromatic rings. The van der Waals surface area contributed by atoms with Crippen LogP contribution in [0.5, 0.6) is 11.5 Å². The van der Waals surface area contributed by atoms with Gasteiger partial charge in [0.1, 0.15) is 11.5 Å². The van der Waals surface area contributed by atoms with E-state index in [9.17, 15) is 0 Å². The molecule has 1 aliphatic rings. The zero-order chi connectivity index (χ0) is 16.5. The smallest absolute Gasteiger partial charge is 0.191 e. The number of halogens is 1. The van der Waals surface area contributed by atoms with Gasteiger partial charge in [-0.05, 0) is 43.0 Å². The summed E-state index contributed by atoms with van der Waals surface area (Å²) in [5.41, 5.74) is 1.13. The Morgan fingerprint density at radius 2 is 1.92 bits per heavy atom. The number of benzene rings is 1. The first kappa shape index (κ1) is 20.9. The number of methoxy groups -OCH3 is 2. The van der Waals surface area contributed by atoms with Crippen LogP contribution in [-0.4, -0.2) is 39.8 Å². The lowest BCUT2D eigenvalue weighted by Crippen LogP contribution is -2.44. The number of nitrogens with zero attached hydrogens (tertiary/aromatic N) is 1. The number of hydrogen-bond donors (Lipinski definition) is 2. The van der Waals surface area contributed by atoms with E-state index in [-0.39, 0.29) is 24.0 Å². The minimum atomic E-state index is 0. The van der Waals surface area contributed by atoms with E-state index in [1.54, 1.807) is 14.2 Å². The van der Waals surface area contributed by atoms with Crippen LogP contribution in [0.2, 0.25) is 0 Å². The van der Waals surface area contributed by atoms with E-state index in [2.05, 4.69) is 15.6 Å². The van der Waals surface area contributed by atoms with E-state index < -0.39 is 0 Å². The number of rotatable bonds is 6. The molecule has 0 bridgehead atoms. The molecule has 2 N–H and O–H groups in total. The molecule has 6 heteroatoms. The SMILES string of the molecule is CN=C(NCCc1cc(OC)ccc1OC)NC1CCCCC1.I. The molecule has 136 valence electrons. The van der Waals surface area contributed by atoms with Gasteiger partial charge in [0.05, 0.1) is 14.2 Å². The van der Waals surface area contributed by atoms with Crippen molar-refractivity contribution >= 4 is 29.9 Å². The molecule has 5 nitrogen and oxygen atoms in total. The Morgan fingerprint density at radius 3 is 2.54 bits per heavy atom. The van der Waals surface area contributed by atoms with E-state index in [1.807, 2.05) is 25.2 Å². The molecule has 1 saturated carbocycles. The summed E-state index contributed by atoms with van der Waals surface area (Å²) >= 11 is 0. The molecule has 1 aromatic carbocycles. The highest BCUT2D eigenvalue weighted by atomic mass is 127. The van der Waals surface area contributed by atoms with Crippen LogP contribution in [0.4, 0.5) is 0 Å². The van der Waals surface area contributed by atoms with Gasteiger partial charge in [-0.25, -0.2) is 0 Å². The summed E-state index contributed by atoms with van der Waals surface area (Å²) in [4.78, 5) is 4.33. The third-order valence-corrected chi connectivity index (χ3v) is 4.34. The summed E-state index contributed by atoms with van der Waals surface area (Å²) in [6.45, 7) is 0.802. The van der Waals surface area contributed by atoms with Crippen LogP contribution in [0.3, 0.4) is 0 Å². The Bertz CT molecular complexity index is 517. The number of ether oxygens (including phenoxy) is 2. The molecule has 0 unspecified atom stereocenters. The molecule has 0 radical (unpaired) electrons. The van der Waals surface area contributed by atoms with Crippen LogP contribution in [-0.2, 0) is 6.42 Å². The molecular weight excluding hydrogens is 417 g/mol. The number of nitrogens with one attached hydrogen (secondary N) is 2. The molecule has 0 amide bonds. The van der Waals surface area contributed by atoms with Gasteiger partial charge in [0.15, 0.2) is 5.96 Å². The molecule has 0 saturated heterocycles. The summed E-state index contributed by atoms with van der Waals surface area (Å²) in [5, 5.41) is 6.92. The van der Waals surface area contributed by atoms with Gasteiger partial charge in [0.25, 0.3) is 0 Å². The second-order valence-electron chi connectivity index (χ2n) is 5.91. The molecule has 24 heavy (non-hydrogen) atoms. The highest BCUT2D eigenvalue weighted by molar-refractivity contribution is 14.0. The van der Waals surface area contributed by atoms with Crippen LogP contribution in [0.1, 0.15) is 37.7 Å². The van der Waals surface area contributed by atoms with Gasteiger partial charge >= 0.3 is 0 Å². The van der Waals surface area contributed by atoms with Gasteiger partial charge in [-0.3, -0.25) is 4.99 Å². The van der Waals surface area contributed by atoms with Gasteiger partial charge in [-0.1, -0.05) is 19.3 Å². The van der Waals surface area contributed by atoms with Crippen molar-refractivity contribution in [1.29, 1.82) is 0 Å². The lowest BCUT2D eigenvalue weighted by molar-refractivity contribution is 0.398. The average Bonchev–Trinajstić information content (AvgIpc) is 2.61. The molecule has 0 atom stereocenters. The lowest BCUT2D eigenvalue weighted by Gasteiger charge is -2.25. The van der Waals surface area contributed by atoms with Crippen LogP contribution in [0, 0.1) is 0 Å². The van der Waals surface area contributed by atoms with Crippen LogP contribution in [0.25, 0.3) is 0 Å². The Morgan fingerprint density at radius 1 is 1.17 bits per heavy atom. The predicted molar refractivity (Wildman–Crippen MR) is 110 cm³/mol. The molecule has 0 aromatic heterocycles. The summed E-state index contributed by atoms with van der Waals surface area (Å²) in [7, 11) is 5.20. The quantitative estimate of drug-likeness (QED) is 0.399. The normalized spacial score (nSPS) is 15.4. The van der Waals surface area contributed by atoms with Crippen LogP contribution in [0.15, 0.2) is 23.2 Å². The van der Waals surface area contributed by atoms with Crippen LogP contribution >= 0.6 is 24.0 Å². The second kappa shape index (κ2) is 11.4. The standard InChI is InChI=1S/C18H29N3O2.HI/c1-19-18(21-15-7-5-4-6-8-15)20-12-11-14-13-16(22-2)9-10-17(14)23-3;/h9-10,13,15H,4-8,11-12H2,1-3H3,(H2,19,20,21);1H. The Hall–Kier alpha value is -1.18. The van der Waals surface area contributed by atoms with E-state index in [0.29, 0.717) is 6.04 Å². The average molecular weight is 447 g/mol. The zero-order valence-corrected chi connectivity index (χ0v) is 17.3. The van der Waals surface area contributed by atoms with Crippen molar-refractivity contribution in [1.82, 2.24) is 10.6 Å². The molecular formula is C18H30IN3O2. The molecule has 0 spiro atoms. The van der Waals surface area contributed by atoms with Crippen LogP contribution < -0.4 is 20.1 Å². The largest absolute Gasteiger partial charge is 0.497 e. The maximum Gasteiger partial charge on any atom is 0.191 e. The number of guanidine groups is 1. The topological polar surface area (TPSA) is 54.9 Å². The first-order valence-corrected chi connectivity index (χ1v) is 8.45. The summed E-state index contributed by atoms with van der Waals surface area (Å²) in [6.07, 6.45) is 7.33. The van der Waals surface area contributed by atoms with Gasteiger partial charge in [-0.2, -0.15) is 0 Å². The summed E-state index contributed by atoms with van der Waals surface area (Å²) < 4.78 is 10.7. The van der Waals surface area contributed by atoms with E-state index in [4.69, 9.17) is 9.47 Å². The Balaban J connectivity index is 0.00000288. The highest BCUT2D eigenvalue weighted by Gasteiger charge is 2.14. The molecule has 1 aliphatic carbocycles. The Labute approximate surface area is 162 Å². The van der Waals surface area contributed by atoms with Crippen molar-refractivity contribution in [2.75, 3.05) is 27.8 Å². The zero-order valence-electron chi connectivity index (χ0n) is 14.9. The third-order valence-electron chi connectivity index (χ3n) is 4.34. The number of aliphatic imine (C=N–C) groups is 1. The molecule has 0 heterocycles. The van der Waals surface area contributed by atoms with Crippen molar-refractivity contribution < 1.29 is 9.47 Å². The fourth-order valence-electron chi connectivity index (χ4n) is 3.03. The summed E-state index contributed by atoms with van der Waals surface area (Å²) in [5.74, 6) is 2.63. The summed E-state index contributed by atoms with van der Waals surface area (Å²) in [6, 6.07) is 6.45. The second-order valence-corrected chi connectivity index (χ2v) is 5.91. The lowest BCUT2D eigenvalue weighted by atomic mass is 9.96. The van der Waals surface area contributed by atoms with Crippen molar-refractivity contribution in [2.45, 2.75) is 44.6 Å². The molecule has 1 fully saturated rings. The van der Waals surface area contributed by atoms with Gasteiger partial charge < -0.3 is 20.1 Å². The minimum Gasteiger partial charge on any atom is -0.497 e. The molecule has 0 aliphatic heterocycles. The van der Waals surface area contributed by atoms with E-state index in [1.165, 1.54) is 32.1 Å². The van der Waals surface area contributed by atoms with E-state index >= 15 is 0 Å². The maximum absolute atomic E-state index is 5.42. The van der Waals surface area contributed by atoms with Crippen molar-refractivity contribution in [2.24, 2.45) is 4.99 Å². The van der Waals surface area contributed by atoms with E-state index in [0.717, 1.165) is 36.0 Å². The predicted octanol–water partition coefficient (Wildman–Crippen LogP) is 3.36. The van der Waals surface area contributed by atoms with Crippen molar-refractivity contribution in [3.05, 3.63) is 23.8 Å². The highest BCUT2D eigenvalue weighted by Crippen LogP contribution is 2.24. The first-order chi connectivity index (χ1) is 11.3. The Kier molecular flexibility index (Phi) is 9.90. The third kappa shape index (κ3) is 6.37. The fraction of sp³-hybridized carbons (Fsp3) is 0.611. The van der Waals surface area contributed by atoms with Gasteiger partial charge in [0.2, 0.25) is 0 Å². The maximum atomic E-state index is 5.42. The minimum absolute atomic E-state index is 0. The van der Waals surface area contributed by atoms with Crippen molar-refractivity contribution in [3.8, 4) is 11.5 Å². The first-order valence-electron chi connectivity index (χ1n) is 8.45. The van der Waals surface area contributed by atoms with Gasteiger partial charge in [0, 0.05) is 19.6 Å². The fourth-order valence-corrected chi connectivity index (χ4v) is 3.03. The number of hydrogen-bond acceptors (Lipinski definition) is 3. The van der Waals surface area contributed by atoms with Gasteiger partial charge in [-0.15, -0.1) is 24.0 Å². The van der Waals surface area contributed by atoms with Crippen molar-refractivity contribution in [3.63, 3.8) is 0 Å².